The summed E-state index contributed by atoms with van der Waals surface area (Å²) in [6, 6.07) is 31.9. The molecule has 3 heterocycles. The Balaban J connectivity index is 1.27. The van der Waals surface area contributed by atoms with Crippen molar-refractivity contribution in [3.8, 4) is 0 Å². The van der Waals surface area contributed by atoms with E-state index in [2.05, 4.69) is 20.6 Å². The van der Waals surface area contributed by atoms with Crippen LogP contribution >= 0.6 is 45.8 Å². The zero-order valence-corrected chi connectivity index (χ0v) is 32.8. The number of hydrogen-bond donors (Lipinski definition) is 2. The molecule has 2 N–H and O–H groups in total. The average molecular weight is 892 g/mol. The molecular formula is C40H33Cl2IN6O6. The number of esters is 2. The molecule has 12 nitrogen and oxygen atoms in total. The number of halogens is 3. The fourth-order valence-electron chi connectivity index (χ4n) is 6.41. The van der Waals surface area contributed by atoms with Crippen molar-refractivity contribution in [1.82, 2.24) is 24.8 Å². The zero-order valence-electron chi connectivity index (χ0n) is 29.1. The molecule has 0 spiro atoms. The van der Waals surface area contributed by atoms with E-state index in [0.29, 0.717) is 37.4 Å². The highest BCUT2D eigenvalue weighted by atomic mass is 127. The van der Waals surface area contributed by atoms with Gasteiger partial charge >= 0.3 is 11.9 Å². The van der Waals surface area contributed by atoms with Crippen LogP contribution in [0.5, 0.6) is 0 Å². The fourth-order valence-corrected chi connectivity index (χ4v) is 7.28. The number of likely N-dealkylation sites (N-methyl/N-ethyl adjacent to an activating group) is 1. The van der Waals surface area contributed by atoms with Gasteiger partial charge < -0.3 is 24.8 Å². The standard InChI is InChI=1S/C40H33Cl2IN6O6/c1-2-44-36(50)32-31(54-38(51)23-11-5-3-6-12-23)33(55-39(52)24-13-7-4-8-14-24)37(53-32)49-22-46-30-34(47-40(43)48-35(30)49)45-21-29(25-15-9-17-27(41)19-25)26-16-10-18-28(42)20-26/h3-20,22,29,31-33,37H,2,21H2,1H3,(H,44,50)(H,45,47,48)/t31-,32+,33-,37-/m1/s1. The molecule has 4 atom stereocenters. The molecule has 0 saturated carbocycles. The molecule has 280 valence electrons. The summed E-state index contributed by atoms with van der Waals surface area (Å²) in [5, 5.41) is 7.39. The zero-order chi connectivity index (χ0) is 38.5. The maximum atomic E-state index is 13.6. The smallest absolute Gasteiger partial charge is 0.338 e. The van der Waals surface area contributed by atoms with Gasteiger partial charge in [0.15, 0.2) is 45.4 Å². The Morgan fingerprint density at radius 1 is 0.818 bits per heavy atom. The van der Waals surface area contributed by atoms with Gasteiger partial charge in [-0.05, 0) is 66.6 Å². The van der Waals surface area contributed by atoms with E-state index in [0.717, 1.165) is 11.1 Å². The Hall–Kier alpha value is -5.09. The first-order valence-corrected chi connectivity index (χ1v) is 19.1. The highest BCUT2D eigenvalue weighted by Crippen LogP contribution is 2.38. The van der Waals surface area contributed by atoms with Crippen molar-refractivity contribution < 1.29 is 28.6 Å². The second-order valence-electron chi connectivity index (χ2n) is 12.5. The van der Waals surface area contributed by atoms with E-state index in [1.54, 1.807) is 72.2 Å². The van der Waals surface area contributed by atoms with Crippen LogP contribution < -0.4 is 10.6 Å². The molecule has 2 aromatic heterocycles. The van der Waals surface area contributed by atoms with Crippen molar-refractivity contribution in [2.45, 2.75) is 37.4 Å². The molecule has 1 fully saturated rings. The monoisotopic (exact) mass is 890 g/mol. The number of carbonyl (C=O) groups excluding carboxylic acids is 3. The summed E-state index contributed by atoms with van der Waals surface area (Å²) in [6.45, 7) is 2.41. The normalized spacial score (nSPS) is 17.9. The van der Waals surface area contributed by atoms with Gasteiger partial charge in [-0.15, -0.1) is 0 Å². The highest BCUT2D eigenvalue weighted by molar-refractivity contribution is 14.1. The van der Waals surface area contributed by atoms with Gasteiger partial charge in [0.25, 0.3) is 5.91 Å². The number of nitrogens with zero attached hydrogens (tertiary/aromatic N) is 4. The molecule has 0 bridgehead atoms. The third-order valence-electron chi connectivity index (χ3n) is 8.95. The molecule has 6 aromatic rings. The Labute approximate surface area is 339 Å². The molecule has 4 aromatic carbocycles. The summed E-state index contributed by atoms with van der Waals surface area (Å²) in [4.78, 5) is 54.7. The van der Waals surface area contributed by atoms with E-state index >= 15 is 0 Å². The van der Waals surface area contributed by atoms with Gasteiger partial charge in [0.1, 0.15) is 0 Å². The molecule has 0 aliphatic carbocycles. The SMILES string of the molecule is CCNC(=O)[C@H]1O[C@@H](n2cnc3c(NCC(c4cccc(Cl)c4)c4cccc(Cl)c4)nc(I)nc32)[C@H](OC(=O)c2ccccc2)[C@@H]1OC(=O)c1ccccc1. The van der Waals surface area contributed by atoms with E-state index in [1.165, 1.54) is 6.33 Å². The van der Waals surface area contributed by atoms with Crippen LogP contribution in [0.25, 0.3) is 11.2 Å². The molecule has 1 saturated heterocycles. The maximum absolute atomic E-state index is 13.6. The lowest BCUT2D eigenvalue weighted by atomic mass is 9.91. The van der Waals surface area contributed by atoms with Crippen molar-refractivity contribution in [1.29, 1.82) is 0 Å². The largest absolute Gasteiger partial charge is 0.451 e. The van der Waals surface area contributed by atoms with Crippen LogP contribution in [0.15, 0.2) is 116 Å². The number of aromatic nitrogens is 4. The van der Waals surface area contributed by atoms with Crippen LogP contribution in [0.1, 0.15) is 50.9 Å². The van der Waals surface area contributed by atoms with Crippen molar-refractivity contribution in [3.05, 3.63) is 152 Å². The molecule has 55 heavy (non-hydrogen) atoms. The van der Waals surface area contributed by atoms with Crippen LogP contribution in [-0.4, -0.2) is 68.8 Å². The number of fused-ring (bicyclic) bond motifs is 1. The molecule has 1 aliphatic rings. The summed E-state index contributed by atoms with van der Waals surface area (Å²) in [5.41, 5.74) is 3.12. The van der Waals surface area contributed by atoms with E-state index in [1.807, 2.05) is 71.1 Å². The van der Waals surface area contributed by atoms with E-state index in [-0.39, 0.29) is 23.6 Å². The van der Waals surface area contributed by atoms with Gasteiger partial charge in [-0.1, -0.05) is 83.9 Å². The first kappa shape index (κ1) is 38.2. The van der Waals surface area contributed by atoms with Crippen LogP contribution in [0.3, 0.4) is 0 Å². The van der Waals surface area contributed by atoms with Gasteiger partial charge in [0.05, 0.1) is 17.5 Å². The van der Waals surface area contributed by atoms with E-state index < -0.39 is 42.4 Å². The Bertz CT molecular complexity index is 2290. The molecule has 1 aliphatic heterocycles. The third-order valence-corrected chi connectivity index (χ3v) is 9.90. The quantitative estimate of drug-likeness (QED) is 0.0721. The number of imidazole rings is 1. The van der Waals surface area contributed by atoms with Gasteiger partial charge in [0.2, 0.25) is 0 Å². The lowest BCUT2D eigenvalue weighted by molar-refractivity contribution is -0.137. The number of ether oxygens (including phenoxy) is 3. The Kier molecular flexibility index (Phi) is 11.9. The summed E-state index contributed by atoms with van der Waals surface area (Å²) in [6.07, 6.45) is -3.77. The predicted molar refractivity (Wildman–Crippen MR) is 215 cm³/mol. The highest BCUT2D eigenvalue weighted by Gasteiger charge is 2.54. The molecular weight excluding hydrogens is 858 g/mol. The predicted octanol–water partition coefficient (Wildman–Crippen LogP) is 7.47. The number of hydrogen-bond acceptors (Lipinski definition) is 10. The Morgan fingerprint density at radius 3 is 1.96 bits per heavy atom. The summed E-state index contributed by atoms with van der Waals surface area (Å²) in [5.74, 6) is -1.75. The first-order chi connectivity index (χ1) is 26.7. The van der Waals surface area contributed by atoms with Gasteiger partial charge in [0, 0.05) is 51.6 Å². The van der Waals surface area contributed by atoms with Gasteiger partial charge in [-0.2, -0.15) is 0 Å². The van der Waals surface area contributed by atoms with Crippen molar-refractivity contribution >= 4 is 80.6 Å². The van der Waals surface area contributed by atoms with Gasteiger partial charge in [-0.25, -0.2) is 24.5 Å². The minimum absolute atomic E-state index is 0.181. The molecule has 7 rings (SSSR count). The number of anilines is 1. The van der Waals surface area contributed by atoms with Crippen LogP contribution in [0.4, 0.5) is 5.82 Å². The number of carbonyl (C=O) groups is 3. The summed E-state index contributed by atoms with van der Waals surface area (Å²) >= 11 is 14.8. The number of nitrogens with one attached hydrogen (secondary N) is 2. The summed E-state index contributed by atoms with van der Waals surface area (Å²) < 4.78 is 20.4. The first-order valence-electron chi connectivity index (χ1n) is 17.3. The van der Waals surface area contributed by atoms with Crippen LogP contribution in [-0.2, 0) is 19.0 Å². The number of rotatable bonds is 12. The average Bonchev–Trinajstić information content (AvgIpc) is 3.76. The molecule has 1 amide bonds. The lowest BCUT2D eigenvalue weighted by Crippen LogP contribution is -2.46. The minimum Gasteiger partial charge on any atom is -0.451 e. The number of benzene rings is 4. The van der Waals surface area contributed by atoms with E-state index in [9.17, 15) is 14.4 Å². The molecule has 15 heteroatoms. The molecule has 0 unspecified atom stereocenters. The fraction of sp³-hybridized carbons (Fsp3) is 0.200. The second kappa shape index (κ2) is 17.1. The number of amides is 1. The van der Waals surface area contributed by atoms with Crippen LogP contribution in [0, 0.1) is 3.83 Å². The topological polar surface area (TPSA) is 147 Å². The second-order valence-corrected chi connectivity index (χ2v) is 14.4. The lowest BCUT2D eigenvalue weighted by Gasteiger charge is -2.24. The minimum atomic E-state index is -1.36. The van der Waals surface area contributed by atoms with E-state index in [4.69, 9.17) is 42.4 Å². The van der Waals surface area contributed by atoms with Crippen molar-refractivity contribution in [2.24, 2.45) is 0 Å². The van der Waals surface area contributed by atoms with Crippen LogP contribution in [0.2, 0.25) is 10.0 Å². The Morgan fingerprint density at radius 2 is 1.40 bits per heavy atom. The van der Waals surface area contributed by atoms with Gasteiger partial charge in [-0.3, -0.25) is 9.36 Å². The molecule has 0 radical (unpaired) electrons. The van der Waals surface area contributed by atoms with Crippen molar-refractivity contribution in [2.75, 3.05) is 18.4 Å². The summed E-state index contributed by atoms with van der Waals surface area (Å²) in [7, 11) is 0. The maximum Gasteiger partial charge on any atom is 0.338 e. The third kappa shape index (κ3) is 8.59. The van der Waals surface area contributed by atoms with Crippen molar-refractivity contribution in [3.63, 3.8) is 0 Å².